The molecule has 2 atom stereocenters. The summed E-state index contributed by atoms with van der Waals surface area (Å²) in [6, 6.07) is -0.551. The van der Waals surface area contributed by atoms with E-state index in [0.717, 1.165) is 6.42 Å². The third-order valence-electron chi connectivity index (χ3n) is 2.65. The minimum Gasteiger partial charge on any atom is -0.320 e. The molecule has 0 radical (unpaired) electrons. The van der Waals surface area contributed by atoms with Crippen molar-refractivity contribution in [2.45, 2.75) is 33.2 Å². The first-order valence-electron chi connectivity index (χ1n) is 5.48. The molecule has 0 saturated carbocycles. The van der Waals surface area contributed by atoms with E-state index >= 15 is 0 Å². The fraction of sp³-hybridized carbons (Fsp3) is 0.545. The number of ketones is 1. The molecule has 1 aromatic heterocycles. The zero-order chi connectivity index (χ0) is 13.0. The van der Waals surface area contributed by atoms with Gasteiger partial charge in [-0.05, 0) is 5.92 Å². The lowest BCUT2D eigenvalue weighted by molar-refractivity contribution is -0.118. The van der Waals surface area contributed by atoms with E-state index in [0.29, 0.717) is 10.8 Å². The number of thiazole rings is 1. The molecule has 94 valence electrons. The average molecular weight is 255 g/mol. The topological polar surface area (TPSA) is 85.1 Å². The van der Waals surface area contributed by atoms with Gasteiger partial charge in [-0.3, -0.25) is 9.59 Å². The zero-order valence-electron chi connectivity index (χ0n) is 10.2. The first-order chi connectivity index (χ1) is 7.95. The Balaban J connectivity index is 2.64. The number of aromatic nitrogens is 1. The van der Waals surface area contributed by atoms with Crippen molar-refractivity contribution in [2.24, 2.45) is 11.7 Å². The molecular weight excluding hydrogens is 238 g/mol. The summed E-state index contributed by atoms with van der Waals surface area (Å²) < 4.78 is 0. The van der Waals surface area contributed by atoms with E-state index in [9.17, 15) is 9.59 Å². The van der Waals surface area contributed by atoms with Crippen molar-refractivity contribution in [1.82, 2.24) is 4.98 Å². The van der Waals surface area contributed by atoms with Gasteiger partial charge in [0.1, 0.15) is 5.69 Å². The molecule has 0 bridgehead atoms. The van der Waals surface area contributed by atoms with Crippen molar-refractivity contribution >= 4 is 28.2 Å². The molecule has 1 aromatic rings. The first-order valence-corrected chi connectivity index (χ1v) is 6.36. The third-order valence-corrected chi connectivity index (χ3v) is 3.41. The molecule has 0 saturated heterocycles. The van der Waals surface area contributed by atoms with Crippen LogP contribution in [0.5, 0.6) is 0 Å². The molecule has 5 nitrogen and oxygen atoms in total. The molecule has 1 unspecified atom stereocenters. The highest BCUT2D eigenvalue weighted by Crippen LogP contribution is 2.16. The Labute approximate surface area is 104 Å². The molecule has 6 heteroatoms. The normalized spacial score (nSPS) is 14.1. The maximum atomic E-state index is 11.7. The van der Waals surface area contributed by atoms with Gasteiger partial charge in [0.05, 0.1) is 6.04 Å². The van der Waals surface area contributed by atoms with E-state index < -0.39 is 6.04 Å². The molecular formula is C11H17N3O2S. The van der Waals surface area contributed by atoms with Crippen LogP contribution in [0.1, 0.15) is 37.7 Å². The maximum absolute atomic E-state index is 11.7. The van der Waals surface area contributed by atoms with Gasteiger partial charge in [0.25, 0.3) is 0 Å². The predicted octanol–water partition coefficient (Wildman–Crippen LogP) is 1.66. The largest absolute Gasteiger partial charge is 0.320 e. The van der Waals surface area contributed by atoms with Crippen LogP contribution < -0.4 is 11.1 Å². The molecule has 0 fully saturated rings. The second-order valence-corrected chi connectivity index (χ2v) is 4.85. The van der Waals surface area contributed by atoms with E-state index in [4.69, 9.17) is 5.73 Å². The summed E-state index contributed by atoms with van der Waals surface area (Å²) in [5, 5.41) is 4.66. The SMILES string of the molecule is CCC(C)[C@H](N)C(=O)Nc1nc(C(C)=O)cs1. The number of hydrogen-bond donors (Lipinski definition) is 2. The van der Waals surface area contributed by atoms with Crippen LogP contribution in [0.15, 0.2) is 5.38 Å². The molecule has 1 rings (SSSR count). The smallest absolute Gasteiger partial charge is 0.243 e. The van der Waals surface area contributed by atoms with E-state index in [1.807, 2.05) is 13.8 Å². The predicted molar refractivity (Wildman–Crippen MR) is 68.2 cm³/mol. The molecule has 0 aromatic carbocycles. The summed E-state index contributed by atoms with van der Waals surface area (Å²) in [6.07, 6.45) is 0.838. The Hall–Kier alpha value is -1.27. The molecule has 0 aliphatic rings. The fourth-order valence-corrected chi connectivity index (χ4v) is 1.95. The number of anilines is 1. The highest BCUT2D eigenvalue weighted by atomic mass is 32.1. The van der Waals surface area contributed by atoms with E-state index in [-0.39, 0.29) is 17.6 Å². The summed E-state index contributed by atoms with van der Waals surface area (Å²) in [6.45, 7) is 5.34. The number of nitrogens with one attached hydrogen (secondary N) is 1. The number of Topliss-reactive ketones (excluding diaryl/α,β-unsaturated/α-hetero) is 1. The van der Waals surface area contributed by atoms with Crippen molar-refractivity contribution in [3.05, 3.63) is 11.1 Å². The highest BCUT2D eigenvalue weighted by Gasteiger charge is 2.20. The summed E-state index contributed by atoms with van der Waals surface area (Å²) >= 11 is 1.22. The third kappa shape index (κ3) is 3.61. The van der Waals surface area contributed by atoms with Gasteiger partial charge in [-0.25, -0.2) is 4.98 Å². The standard InChI is InChI=1S/C11H17N3O2S/c1-4-6(2)9(12)10(16)14-11-13-8(5-17-11)7(3)15/h5-6,9H,4,12H2,1-3H3,(H,13,14,16)/t6?,9-/m0/s1. The van der Waals surface area contributed by atoms with E-state index in [1.54, 1.807) is 5.38 Å². The number of nitrogens with zero attached hydrogens (tertiary/aromatic N) is 1. The molecule has 1 amide bonds. The molecule has 0 spiro atoms. The lowest BCUT2D eigenvalue weighted by Gasteiger charge is -2.16. The number of hydrogen-bond acceptors (Lipinski definition) is 5. The Morgan fingerprint density at radius 2 is 2.24 bits per heavy atom. The Morgan fingerprint density at radius 1 is 1.59 bits per heavy atom. The van der Waals surface area contributed by atoms with Crippen molar-refractivity contribution < 1.29 is 9.59 Å². The first kappa shape index (κ1) is 13.8. The van der Waals surface area contributed by atoms with Gasteiger partial charge in [-0.1, -0.05) is 20.3 Å². The lowest BCUT2D eigenvalue weighted by Crippen LogP contribution is -2.40. The van der Waals surface area contributed by atoms with Crippen molar-refractivity contribution in [3.8, 4) is 0 Å². The number of nitrogens with two attached hydrogens (primary N) is 1. The van der Waals surface area contributed by atoms with Crippen LogP contribution in [-0.2, 0) is 4.79 Å². The van der Waals surface area contributed by atoms with Crippen LogP contribution in [-0.4, -0.2) is 22.7 Å². The minimum atomic E-state index is -0.551. The van der Waals surface area contributed by atoms with Gasteiger partial charge in [-0.2, -0.15) is 0 Å². The van der Waals surface area contributed by atoms with Crippen LogP contribution >= 0.6 is 11.3 Å². The maximum Gasteiger partial charge on any atom is 0.243 e. The molecule has 0 aliphatic carbocycles. The second-order valence-electron chi connectivity index (χ2n) is 3.99. The van der Waals surface area contributed by atoms with Crippen LogP contribution in [0.3, 0.4) is 0 Å². The average Bonchev–Trinajstić information content (AvgIpc) is 2.75. The number of amides is 1. The Kier molecular flexibility index (Phi) is 4.77. The summed E-state index contributed by atoms with van der Waals surface area (Å²) in [7, 11) is 0. The van der Waals surface area contributed by atoms with Gasteiger partial charge in [0.2, 0.25) is 5.91 Å². The molecule has 1 heterocycles. The number of carbonyl (C=O) groups excluding carboxylic acids is 2. The van der Waals surface area contributed by atoms with Gasteiger partial charge >= 0.3 is 0 Å². The number of carbonyl (C=O) groups is 2. The minimum absolute atomic E-state index is 0.113. The molecule has 17 heavy (non-hydrogen) atoms. The van der Waals surface area contributed by atoms with Crippen LogP contribution in [0.2, 0.25) is 0 Å². The highest BCUT2D eigenvalue weighted by molar-refractivity contribution is 7.14. The fourth-order valence-electron chi connectivity index (χ4n) is 1.19. The zero-order valence-corrected chi connectivity index (χ0v) is 11.0. The van der Waals surface area contributed by atoms with Crippen LogP contribution in [0.25, 0.3) is 0 Å². The Morgan fingerprint density at radius 3 is 2.71 bits per heavy atom. The quantitative estimate of drug-likeness (QED) is 0.783. The van der Waals surface area contributed by atoms with Crippen molar-refractivity contribution in [1.29, 1.82) is 0 Å². The molecule has 3 N–H and O–H groups in total. The summed E-state index contributed by atoms with van der Waals surface area (Å²) in [5.74, 6) is -0.265. The second kappa shape index (κ2) is 5.88. The van der Waals surface area contributed by atoms with E-state index in [2.05, 4.69) is 10.3 Å². The molecule has 0 aliphatic heterocycles. The lowest BCUT2D eigenvalue weighted by atomic mass is 10.00. The number of rotatable bonds is 5. The van der Waals surface area contributed by atoms with Crippen LogP contribution in [0, 0.1) is 5.92 Å². The summed E-state index contributed by atoms with van der Waals surface area (Å²) in [5.41, 5.74) is 6.15. The Bertz CT molecular complexity index is 417. The van der Waals surface area contributed by atoms with Crippen LogP contribution in [0.4, 0.5) is 5.13 Å². The van der Waals surface area contributed by atoms with Gasteiger partial charge in [0, 0.05) is 12.3 Å². The monoisotopic (exact) mass is 255 g/mol. The van der Waals surface area contributed by atoms with Gasteiger partial charge in [-0.15, -0.1) is 11.3 Å². The van der Waals surface area contributed by atoms with Gasteiger partial charge < -0.3 is 11.1 Å². The van der Waals surface area contributed by atoms with Gasteiger partial charge in [0.15, 0.2) is 10.9 Å². The van der Waals surface area contributed by atoms with Crippen molar-refractivity contribution in [2.75, 3.05) is 5.32 Å². The summed E-state index contributed by atoms with van der Waals surface area (Å²) in [4.78, 5) is 26.8. The van der Waals surface area contributed by atoms with E-state index in [1.165, 1.54) is 18.3 Å². The van der Waals surface area contributed by atoms with Crippen molar-refractivity contribution in [3.63, 3.8) is 0 Å².